The summed E-state index contributed by atoms with van der Waals surface area (Å²) >= 11 is 5.73. The lowest BCUT2D eigenvalue weighted by Crippen LogP contribution is -2.37. The topological polar surface area (TPSA) is 20.3 Å². The summed E-state index contributed by atoms with van der Waals surface area (Å²) in [6.07, 6.45) is 0.937. The molecule has 0 saturated carbocycles. The number of hydrogen-bond donors (Lipinski definition) is 0. The van der Waals surface area contributed by atoms with Gasteiger partial charge in [0, 0.05) is 26.7 Å². The number of carbonyl (C=O) groups is 1. The highest BCUT2D eigenvalue weighted by atomic mass is 127. The van der Waals surface area contributed by atoms with E-state index in [9.17, 15) is 4.79 Å². The standard InChI is InChI=1S/C16H13BrINO/c17-13-3-1-2-11(8-13)10-19-7-6-12-4-5-14(18)9-15(12)16(19)20/h1-5,8-9H,6-7,10H2. The molecular formula is C16H13BrINO. The van der Waals surface area contributed by atoms with E-state index >= 15 is 0 Å². The van der Waals surface area contributed by atoms with Crippen LogP contribution in [0, 0.1) is 3.57 Å². The van der Waals surface area contributed by atoms with Gasteiger partial charge < -0.3 is 4.90 Å². The number of nitrogens with zero attached hydrogens (tertiary/aromatic N) is 1. The Hall–Kier alpha value is -0.880. The Kier molecular flexibility index (Phi) is 4.12. The molecule has 0 atom stereocenters. The largest absolute Gasteiger partial charge is 0.334 e. The number of benzene rings is 2. The predicted molar refractivity (Wildman–Crippen MR) is 91.7 cm³/mol. The zero-order valence-corrected chi connectivity index (χ0v) is 14.5. The van der Waals surface area contributed by atoms with E-state index in [1.54, 1.807) is 0 Å². The van der Waals surface area contributed by atoms with Crippen molar-refractivity contribution in [1.82, 2.24) is 4.90 Å². The van der Waals surface area contributed by atoms with Crippen LogP contribution in [0.15, 0.2) is 46.9 Å². The quantitative estimate of drug-likeness (QED) is 0.638. The molecular weight excluding hydrogens is 429 g/mol. The van der Waals surface area contributed by atoms with Gasteiger partial charge in [-0.2, -0.15) is 0 Å². The van der Waals surface area contributed by atoms with Gasteiger partial charge in [-0.1, -0.05) is 34.1 Å². The van der Waals surface area contributed by atoms with Crippen LogP contribution in [0.4, 0.5) is 0 Å². The molecule has 0 radical (unpaired) electrons. The molecule has 1 heterocycles. The third kappa shape index (κ3) is 2.91. The Morgan fingerprint density at radius 2 is 2.05 bits per heavy atom. The van der Waals surface area contributed by atoms with Crippen molar-refractivity contribution in [3.8, 4) is 0 Å². The lowest BCUT2D eigenvalue weighted by molar-refractivity contribution is 0.0727. The van der Waals surface area contributed by atoms with Crippen LogP contribution >= 0.6 is 38.5 Å². The van der Waals surface area contributed by atoms with Crippen molar-refractivity contribution in [2.24, 2.45) is 0 Å². The van der Waals surface area contributed by atoms with Gasteiger partial charge in [0.25, 0.3) is 5.91 Å². The van der Waals surface area contributed by atoms with Crippen LogP contribution < -0.4 is 0 Å². The summed E-state index contributed by atoms with van der Waals surface area (Å²) in [5, 5.41) is 0. The van der Waals surface area contributed by atoms with Gasteiger partial charge in [0.05, 0.1) is 0 Å². The van der Waals surface area contributed by atoms with Gasteiger partial charge in [-0.25, -0.2) is 0 Å². The summed E-state index contributed by atoms with van der Waals surface area (Å²) < 4.78 is 2.16. The van der Waals surface area contributed by atoms with Crippen molar-refractivity contribution in [2.75, 3.05) is 6.54 Å². The average Bonchev–Trinajstić information content (AvgIpc) is 2.43. The van der Waals surface area contributed by atoms with E-state index in [1.165, 1.54) is 5.56 Å². The maximum atomic E-state index is 12.6. The molecule has 1 aliphatic heterocycles. The molecule has 0 N–H and O–H groups in total. The van der Waals surface area contributed by atoms with Crippen LogP contribution in [0.3, 0.4) is 0 Å². The lowest BCUT2D eigenvalue weighted by atomic mass is 9.99. The van der Waals surface area contributed by atoms with E-state index in [-0.39, 0.29) is 5.91 Å². The average molecular weight is 442 g/mol. The van der Waals surface area contributed by atoms with Gasteiger partial charge in [-0.3, -0.25) is 4.79 Å². The number of hydrogen-bond acceptors (Lipinski definition) is 1. The smallest absolute Gasteiger partial charge is 0.254 e. The molecule has 1 amide bonds. The molecule has 0 aromatic heterocycles. The lowest BCUT2D eigenvalue weighted by Gasteiger charge is -2.28. The fraction of sp³-hybridized carbons (Fsp3) is 0.188. The second-order valence-electron chi connectivity index (χ2n) is 4.91. The Bertz CT molecular complexity index is 671. The van der Waals surface area contributed by atoms with E-state index in [2.05, 4.69) is 62.8 Å². The van der Waals surface area contributed by atoms with Gasteiger partial charge >= 0.3 is 0 Å². The minimum Gasteiger partial charge on any atom is -0.334 e. The molecule has 0 spiro atoms. The van der Waals surface area contributed by atoms with Gasteiger partial charge in [-0.05, 0) is 64.4 Å². The second-order valence-corrected chi connectivity index (χ2v) is 7.07. The van der Waals surface area contributed by atoms with Crippen LogP contribution in [-0.2, 0) is 13.0 Å². The molecule has 2 aromatic rings. The first-order valence-corrected chi connectivity index (χ1v) is 8.33. The first kappa shape index (κ1) is 14.1. The third-order valence-electron chi connectivity index (χ3n) is 3.50. The zero-order valence-electron chi connectivity index (χ0n) is 10.8. The van der Waals surface area contributed by atoms with Crippen molar-refractivity contribution < 1.29 is 4.79 Å². The minimum absolute atomic E-state index is 0.143. The fourth-order valence-electron chi connectivity index (χ4n) is 2.50. The summed E-state index contributed by atoms with van der Waals surface area (Å²) in [5.41, 5.74) is 3.18. The highest BCUT2D eigenvalue weighted by Gasteiger charge is 2.24. The summed E-state index contributed by atoms with van der Waals surface area (Å²) in [6.45, 7) is 1.46. The Balaban J connectivity index is 1.85. The molecule has 0 bridgehead atoms. The van der Waals surface area contributed by atoms with Crippen molar-refractivity contribution in [3.63, 3.8) is 0 Å². The maximum Gasteiger partial charge on any atom is 0.254 e. The SMILES string of the molecule is O=C1c2cc(I)ccc2CCN1Cc1cccc(Br)c1. The molecule has 1 aliphatic rings. The van der Waals surface area contributed by atoms with Crippen molar-refractivity contribution in [2.45, 2.75) is 13.0 Å². The molecule has 2 nitrogen and oxygen atoms in total. The van der Waals surface area contributed by atoms with Gasteiger partial charge in [-0.15, -0.1) is 0 Å². The van der Waals surface area contributed by atoms with E-state index in [4.69, 9.17) is 0 Å². The molecule has 0 aliphatic carbocycles. The van der Waals surface area contributed by atoms with Gasteiger partial charge in [0.15, 0.2) is 0 Å². The molecule has 102 valence electrons. The van der Waals surface area contributed by atoms with Crippen molar-refractivity contribution in [3.05, 3.63) is 67.2 Å². The Labute approximate surface area is 140 Å². The highest BCUT2D eigenvalue weighted by Crippen LogP contribution is 2.23. The molecule has 0 fully saturated rings. The van der Waals surface area contributed by atoms with E-state index < -0.39 is 0 Å². The molecule has 2 aromatic carbocycles. The fourth-order valence-corrected chi connectivity index (χ4v) is 3.44. The Morgan fingerprint density at radius 3 is 2.85 bits per heavy atom. The molecule has 4 heteroatoms. The van der Waals surface area contributed by atoms with E-state index in [1.807, 2.05) is 23.1 Å². The van der Waals surface area contributed by atoms with Gasteiger partial charge in [0.2, 0.25) is 0 Å². The normalized spacial score (nSPS) is 14.3. The maximum absolute atomic E-state index is 12.6. The molecule has 0 saturated heterocycles. The summed E-state index contributed by atoms with van der Waals surface area (Å²) in [5.74, 6) is 0.143. The van der Waals surface area contributed by atoms with Crippen LogP contribution in [-0.4, -0.2) is 17.4 Å². The highest BCUT2D eigenvalue weighted by molar-refractivity contribution is 14.1. The zero-order chi connectivity index (χ0) is 14.1. The molecule has 20 heavy (non-hydrogen) atoms. The summed E-state index contributed by atoms with van der Waals surface area (Å²) in [6, 6.07) is 14.3. The summed E-state index contributed by atoms with van der Waals surface area (Å²) in [4.78, 5) is 14.5. The first-order valence-electron chi connectivity index (χ1n) is 6.45. The van der Waals surface area contributed by atoms with Crippen LogP contribution in [0.25, 0.3) is 0 Å². The number of amides is 1. The summed E-state index contributed by atoms with van der Waals surface area (Å²) in [7, 11) is 0. The van der Waals surface area contributed by atoms with Crippen molar-refractivity contribution >= 4 is 44.4 Å². The van der Waals surface area contributed by atoms with Crippen LogP contribution in [0.1, 0.15) is 21.5 Å². The monoisotopic (exact) mass is 441 g/mol. The third-order valence-corrected chi connectivity index (χ3v) is 4.67. The van der Waals surface area contributed by atoms with E-state index in [0.29, 0.717) is 6.54 Å². The number of rotatable bonds is 2. The predicted octanol–water partition coefficient (Wildman–Crippen LogP) is 4.25. The molecule has 3 rings (SSSR count). The number of fused-ring (bicyclic) bond motifs is 1. The van der Waals surface area contributed by atoms with Crippen LogP contribution in [0.5, 0.6) is 0 Å². The van der Waals surface area contributed by atoms with Crippen molar-refractivity contribution in [1.29, 1.82) is 0 Å². The molecule has 0 unspecified atom stereocenters. The number of carbonyl (C=O) groups excluding carboxylic acids is 1. The number of halogens is 2. The Morgan fingerprint density at radius 1 is 1.20 bits per heavy atom. The minimum atomic E-state index is 0.143. The first-order chi connectivity index (χ1) is 9.63. The van der Waals surface area contributed by atoms with Gasteiger partial charge in [0.1, 0.15) is 0 Å². The van der Waals surface area contributed by atoms with Crippen LogP contribution in [0.2, 0.25) is 0 Å². The second kappa shape index (κ2) is 5.85. The van der Waals surface area contributed by atoms with E-state index in [0.717, 1.165) is 32.1 Å².